The molecule has 0 bridgehead atoms. The second kappa shape index (κ2) is 5.64. The molecule has 0 saturated carbocycles. The van der Waals surface area contributed by atoms with Crippen LogP contribution in [0.15, 0.2) is 12.3 Å². The van der Waals surface area contributed by atoms with Crippen LogP contribution < -0.4 is 5.32 Å². The number of carbonyl (C=O) groups is 1. The minimum absolute atomic E-state index is 0.0361. The fraction of sp³-hybridized carbons (Fsp3) is 0.500. The van der Waals surface area contributed by atoms with E-state index in [0.717, 1.165) is 0 Å². The highest BCUT2D eigenvalue weighted by atomic mass is 16.6. The first-order chi connectivity index (χ1) is 8.80. The van der Waals surface area contributed by atoms with Crippen LogP contribution in [0.3, 0.4) is 0 Å². The molecule has 0 aliphatic carbocycles. The largest absolute Gasteiger partial charge is 0.481 e. The van der Waals surface area contributed by atoms with Gasteiger partial charge < -0.3 is 10.4 Å². The highest BCUT2D eigenvalue weighted by Crippen LogP contribution is 2.24. The second-order valence-corrected chi connectivity index (χ2v) is 4.69. The molecule has 1 rings (SSSR count). The molecule has 1 aromatic heterocycles. The number of carboxylic acid groups (broad SMARTS) is 1. The zero-order valence-corrected chi connectivity index (χ0v) is 11.1. The topological polar surface area (TPSA) is 105 Å². The molecule has 0 fully saturated rings. The number of nitro groups is 1. The van der Waals surface area contributed by atoms with Crippen molar-refractivity contribution in [1.29, 1.82) is 0 Å². The van der Waals surface area contributed by atoms with Crippen molar-refractivity contribution in [2.75, 3.05) is 11.9 Å². The zero-order valence-electron chi connectivity index (χ0n) is 11.1. The molecule has 0 spiro atoms. The van der Waals surface area contributed by atoms with Gasteiger partial charge >= 0.3 is 5.97 Å². The maximum Gasteiger partial charge on any atom is 0.311 e. The van der Waals surface area contributed by atoms with Gasteiger partial charge in [-0.3, -0.25) is 14.9 Å². The van der Waals surface area contributed by atoms with E-state index in [1.165, 1.54) is 12.3 Å². The van der Waals surface area contributed by atoms with Gasteiger partial charge in [0.2, 0.25) is 0 Å². The molecule has 7 heteroatoms. The lowest BCUT2D eigenvalue weighted by atomic mass is 9.88. The molecular formula is C12H17N3O4. The van der Waals surface area contributed by atoms with E-state index in [9.17, 15) is 14.9 Å². The molecule has 0 aliphatic rings. The van der Waals surface area contributed by atoms with E-state index in [1.54, 1.807) is 20.8 Å². The van der Waals surface area contributed by atoms with Crippen molar-refractivity contribution >= 4 is 17.5 Å². The van der Waals surface area contributed by atoms with E-state index in [4.69, 9.17) is 5.11 Å². The van der Waals surface area contributed by atoms with Gasteiger partial charge in [0, 0.05) is 18.3 Å². The normalized spacial score (nSPS) is 13.6. The van der Waals surface area contributed by atoms with Crippen LogP contribution in [0.4, 0.5) is 11.5 Å². The number of hydrogen-bond acceptors (Lipinski definition) is 5. The number of anilines is 1. The monoisotopic (exact) mass is 267 g/mol. The van der Waals surface area contributed by atoms with Crippen molar-refractivity contribution in [3.8, 4) is 0 Å². The SMILES string of the molecule is CCC(C)(CNc1cc([N+](=O)[O-])c(C)cn1)C(=O)O. The van der Waals surface area contributed by atoms with E-state index in [0.29, 0.717) is 17.8 Å². The number of nitrogens with zero attached hydrogens (tertiary/aromatic N) is 2. The van der Waals surface area contributed by atoms with E-state index < -0.39 is 16.3 Å². The number of aryl methyl sites for hydroxylation is 1. The number of nitrogens with one attached hydrogen (secondary N) is 1. The Kier molecular flexibility index (Phi) is 4.42. The van der Waals surface area contributed by atoms with Gasteiger partial charge in [-0.2, -0.15) is 0 Å². The quantitative estimate of drug-likeness (QED) is 0.604. The molecule has 7 nitrogen and oxygen atoms in total. The minimum Gasteiger partial charge on any atom is -0.481 e. The molecule has 0 aliphatic heterocycles. The molecule has 1 atom stereocenters. The van der Waals surface area contributed by atoms with Crippen LogP contribution in [0.2, 0.25) is 0 Å². The Morgan fingerprint density at radius 3 is 2.74 bits per heavy atom. The molecule has 0 amide bonds. The van der Waals surface area contributed by atoms with Gasteiger partial charge in [0.05, 0.1) is 16.4 Å². The van der Waals surface area contributed by atoms with Gasteiger partial charge in [0.25, 0.3) is 5.69 Å². The first-order valence-corrected chi connectivity index (χ1v) is 5.88. The number of rotatable bonds is 6. The van der Waals surface area contributed by atoms with E-state index in [2.05, 4.69) is 10.3 Å². The highest BCUT2D eigenvalue weighted by Gasteiger charge is 2.31. The summed E-state index contributed by atoms with van der Waals surface area (Å²) in [5.74, 6) is -0.609. The molecule has 1 aromatic rings. The average molecular weight is 267 g/mol. The van der Waals surface area contributed by atoms with Crippen molar-refractivity contribution in [3.05, 3.63) is 27.9 Å². The third-order valence-electron chi connectivity index (χ3n) is 3.23. The first kappa shape index (κ1) is 14.9. The number of carboxylic acids is 1. The van der Waals surface area contributed by atoms with Crippen LogP contribution in [0.1, 0.15) is 25.8 Å². The maximum absolute atomic E-state index is 11.1. The minimum atomic E-state index is -0.929. The maximum atomic E-state index is 11.1. The van der Waals surface area contributed by atoms with E-state index >= 15 is 0 Å². The Morgan fingerprint density at radius 2 is 2.26 bits per heavy atom. The van der Waals surface area contributed by atoms with Crippen molar-refractivity contribution in [3.63, 3.8) is 0 Å². The predicted molar refractivity (Wildman–Crippen MR) is 70.2 cm³/mol. The van der Waals surface area contributed by atoms with Crippen LogP contribution in [-0.2, 0) is 4.79 Å². The zero-order chi connectivity index (χ0) is 14.6. The molecule has 0 saturated heterocycles. The van der Waals surface area contributed by atoms with Crippen LogP contribution in [0.5, 0.6) is 0 Å². The Hall–Kier alpha value is -2.18. The van der Waals surface area contributed by atoms with Gasteiger partial charge in [0.1, 0.15) is 5.82 Å². The third-order valence-corrected chi connectivity index (χ3v) is 3.23. The fourth-order valence-corrected chi connectivity index (χ4v) is 1.44. The lowest BCUT2D eigenvalue weighted by Crippen LogP contribution is -2.34. The molecule has 19 heavy (non-hydrogen) atoms. The molecule has 1 heterocycles. The number of hydrogen-bond donors (Lipinski definition) is 2. The third kappa shape index (κ3) is 3.40. The summed E-state index contributed by atoms with van der Waals surface area (Å²) < 4.78 is 0. The second-order valence-electron chi connectivity index (χ2n) is 4.69. The van der Waals surface area contributed by atoms with Crippen LogP contribution in [0, 0.1) is 22.5 Å². The van der Waals surface area contributed by atoms with Gasteiger partial charge in [-0.05, 0) is 20.3 Å². The summed E-state index contributed by atoms with van der Waals surface area (Å²) in [6.45, 7) is 5.15. The predicted octanol–water partition coefficient (Wildman–Crippen LogP) is 2.21. The lowest BCUT2D eigenvalue weighted by Gasteiger charge is -2.23. The van der Waals surface area contributed by atoms with E-state index in [1.807, 2.05) is 0 Å². The molecule has 1 unspecified atom stereocenters. The molecule has 2 N–H and O–H groups in total. The van der Waals surface area contributed by atoms with Crippen LogP contribution >= 0.6 is 0 Å². The van der Waals surface area contributed by atoms with Crippen LogP contribution in [0.25, 0.3) is 0 Å². The van der Waals surface area contributed by atoms with Gasteiger partial charge in [-0.15, -0.1) is 0 Å². The Balaban J connectivity index is 2.87. The van der Waals surface area contributed by atoms with Crippen molar-refractivity contribution in [2.24, 2.45) is 5.41 Å². The Labute approximate surface area is 110 Å². The first-order valence-electron chi connectivity index (χ1n) is 5.88. The molecule has 0 radical (unpaired) electrons. The Morgan fingerprint density at radius 1 is 1.63 bits per heavy atom. The van der Waals surface area contributed by atoms with Gasteiger partial charge in [-0.1, -0.05) is 6.92 Å². The summed E-state index contributed by atoms with van der Waals surface area (Å²) in [6, 6.07) is 1.31. The highest BCUT2D eigenvalue weighted by molar-refractivity contribution is 5.74. The molecular weight excluding hydrogens is 250 g/mol. The summed E-state index contributed by atoms with van der Waals surface area (Å²) in [4.78, 5) is 25.5. The van der Waals surface area contributed by atoms with Gasteiger partial charge in [-0.25, -0.2) is 4.98 Å². The lowest BCUT2D eigenvalue weighted by molar-refractivity contribution is -0.385. The number of pyridine rings is 1. The number of aliphatic carboxylic acids is 1. The Bertz CT molecular complexity index is 504. The van der Waals surface area contributed by atoms with Crippen molar-refractivity contribution in [1.82, 2.24) is 4.98 Å². The average Bonchev–Trinajstić information content (AvgIpc) is 2.36. The standard InChI is InChI=1S/C12H17N3O4/c1-4-12(3,11(16)17)7-14-10-5-9(15(18)19)8(2)6-13-10/h5-6H,4,7H2,1-3H3,(H,13,14)(H,16,17). The van der Waals surface area contributed by atoms with Gasteiger partial charge in [0.15, 0.2) is 0 Å². The molecule has 104 valence electrons. The summed E-state index contributed by atoms with van der Waals surface area (Å²) in [5.41, 5.74) is -0.500. The molecule has 0 aromatic carbocycles. The van der Waals surface area contributed by atoms with Crippen LogP contribution in [-0.4, -0.2) is 27.5 Å². The van der Waals surface area contributed by atoms with Crippen molar-refractivity contribution < 1.29 is 14.8 Å². The summed E-state index contributed by atoms with van der Waals surface area (Å²) in [6.07, 6.45) is 1.84. The summed E-state index contributed by atoms with van der Waals surface area (Å²) in [7, 11) is 0. The van der Waals surface area contributed by atoms with E-state index in [-0.39, 0.29) is 12.2 Å². The fourth-order valence-electron chi connectivity index (χ4n) is 1.44. The summed E-state index contributed by atoms with van der Waals surface area (Å²) >= 11 is 0. The smallest absolute Gasteiger partial charge is 0.311 e. The summed E-state index contributed by atoms with van der Waals surface area (Å²) in [5, 5.41) is 22.8. The number of aromatic nitrogens is 1. The van der Waals surface area contributed by atoms with Crippen molar-refractivity contribution in [2.45, 2.75) is 27.2 Å².